The van der Waals surface area contributed by atoms with E-state index in [0.717, 1.165) is 11.4 Å². The highest BCUT2D eigenvalue weighted by Gasteiger charge is 2.34. The van der Waals surface area contributed by atoms with Gasteiger partial charge in [0, 0.05) is 22.5 Å². The molecule has 0 bridgehead atoms. The summed E-state index contributed by atoms with van der Waals surface area (Å²) in [6.07, 6.45) is 7.62. The van der Waals surface area contributed by atoms with Gasteiger partial charge in [-0.1, -0.05) is 159 Å². The number of rotatable bonds is 7. The first-order valence-corrected chi connectivity index (χ1v) is 17.5. The van der Waals surface area contributed by atoms with Gasteiger partial charge in [0.1, 0.15) is 0 Å². The molecule has 1 heteroatoms. The van der Waals surface area contributed by atoms with Crippen molar-refractivity contribution in [3.05, 3.63) is 187 Å². The van der Waals surface area contributed by atoms with Crippen molar-refractivity contribution < 1.29 is 0 Å². The lowest BCUT2D eigenvalue weighted by atomic mass is 9.69. The second-order valence-electron chi connectivity index (χ2n) is 13.3. The summed E-state index contributed by atoms with van der Waals surface area (Å²) in [6, 6.07) is 64.7. The predicted octanol–water partition coefficient (Wildman–Crippen LogP) is 13.3. The standard InChI is InChI=1S/C47H41N/c1-2-12-34-47(33-11-1,42-17-7-4-8-18-42)43-25-31-46(32-26-43)48(44-27-21-38(22-28-44)36-13-5-3-6-14-36)45-29-23-39(24-30-45)41-20-19-37-15-9-10-16-40(37)35-41/h3-10,13-32,35H,1-2,11-12,33-34H2. The summed E-state index contributed by atoms with van der Waals surface area (Å²) in [5.74, 6) is 0. The Morgan fingerprint density at radius 3 is 1.38 bits per heavy atom. The smallest absolute Gasteiger partial charge is 0.0462 e. The van der Waals surface area contributed by atoms with E-state index < -0.39 is 0 Å². The SMILES string of the molecule is c1ccc(-c2ccc(N(c3ccc(-c4ccc5ccccc5c4)cc3)c3ccc(C4(c5ccccc5)CCCCCC4)cc3)cc2)cc1. The molecule has 0 amide bonds. The quantitative estimate of drug-likeness (QED) is 0.160. The first-order valence-electron chi connectivity index (χ1n) is 17.5. The fraction of sp³-hybridized carbons (Fsp3) is 0.149. The largest absolute Gasteiger partial charge is 0.311 e. The van der Waals surface area contributed by atoms with Gasteiger partial charge in [0.2, 0.25) is 0 Å². The molecule has 0 spiro atoms. The molecule has 0 unspecified atom stereocenters. The van der Waals surface area contributed by atoms with Gasteiger partial charge in [0.25, 0.3) is 0 Å². The molecular weight excluding hydrogens is 579 g/mol. The Morgan fingerprint density at radius 1 is 0.333 bits per heavy atom. The molecule has 0 atom stereocenters. The Bertz CT molecular complexity index is 2090. The molecule has 0 heterocycles. The van der Waals surface area contributed by atoms with Crippen LogP contribution >= 0.6 is 0 Å². The van der Waals surface area contributed by atoms with Crippen LogP contribution in [0.5, 0.6) is 0 Å². The van der Waals surface area contributed by atoms with Crippen LogP contribution in [0.2, 0.25) is 0 Å². The second kappa shape index (κ2) is 13.4. The zero-order chi connectivity index (χ0) is 32.2. The van der Waals surface area contributed by atoms with E-state index in [1.807, 2.05) is 0 Å². The Labute approximate surface area is 285 Å². The molecule has 1 aliphatic rings. The van der Waals surface area contributed by atoms with Gasteiger partial charge in [0.15, 0.2) is 0 Å². The van der Waals surface area contributed by atoms with Crippen LogP contribution in [-0.4, -0.2) is 0 Å². The van der Waals surface area contributed by atoms with Crippen molar-refractivity contribution in [2.75, 3.05) is 4.90 Å². The Balaban J connectivity index is 1.18. The van der Waals surface area contributed by atoms with E-state index in [2.05, 4.69) is 181 Å². The van der Waals surface area contributed by atoms with Crippen LogP contribution in [0.15, 0.2) is 176 Å². The van der Waals surface area contributed by atoms with Crippen molar-refractivity contribution in [2.24, 2.45) is 0 Å². The van der Waals surface area contributed by atoms with E-state index in [-0.39, 0.29) is 5.41 Å². The van der Waals surface area contributed by atoms with Gasteiger partial charge in [-0.15, -0.1) is 0 Å². The number of hydrogen-bond donors (Lipinski definition) is 0. The number of benzene rings is 7. The van der Waals surface area contributed by atoms with Crippen LogP contribution < -0.4 is 4.90 Å². The van der Waals surface area contributed by atoms with Crippen molar-refractivity contribution in [3.8, 4) is 22.3 Å². The summed E-state index contributed by atoms with van der Waals surface area (Å²) in [6.45, 7) is 0. The normalized spacial score (nSPS) is 14.3. The fourth-order valence-corrected chi connectivity index (χ4v) is 7.82. The molecule has 1 aliphatic carbocycles. The van der Waals surface area contributed by atoms with E-state index in [4.69, 9.17) is 0 Å². The Morgan fingerprint density at radius 2 is 0.771 bits per heavy atom. The van der Waals surface area contributed by atoms with Crippen molar-refractivity contribution >= 4 is 27.8 Å². The van der Waals surface area contributed by atoms with Gasteiger partial charge in [-0.25, -0.2) is 0 Å². The van der Waals surface area contributed by atoms with Gasteiger partial charge >= 0.3 is 0 Å². The zero-order valence-corrected chi connectivity index (χ0v) is 27.4. The van der Waals surface area contributed by atoms with Gasteiger partial charge < -0.3 is 4.90 Å². The highest BCUT2D eigenvalue weighted by atomic mass is 15.1. The maximum absolute atomic E-state index is 2.41. The summed E-state index contributed by atoms with van der Waals surface area (Å²) in [5.41, 5.74) is 11.3. The molecule has 0 N–H and O–H groups in total. The van der Waals surface area contributed by atoms with Crippen molar-refractivity contribution in [1.29, 1.82) is 0 Å². The number of nitrogens with zero attached hydrogens (tertiary/aromatic N) is 1. The van der Waals surface area contributed by atoms with Gasteiger partial charge in [-0.3, -0.25) is 0 Å². The number of anilines is 3. The highest BCUT2D eigenvalue weighted by Crippen LogP contribution is 2.45. The van der Waals surface area contributed by atoms with Gasteiger partial charge in [-0.2, -0.15) is 0 Å². The molecule has 1 saturated carbocycles. The first kappa shape index (κ1) is 30.0. The van der Waals surface area contributed by atoms with Crippen LogP contribution in [-0.2, 0) is 5.41 Å². The Hall–Kier alpha value is -5.40. The van der Waals surface area contributed by atoms with Crippen LogP contribution in [0.4, 0.5) is 17.1 Å². The molecule has 1 nitrogen and oxygen atoms in total. The molecule has 0 saturated heterocycles. The second-order valence-corrected chi connectivity index (χ2v) is 13.3. The van der Waals surface area contributed by atoms with E-state index in [1.54, 1.807) is 0 Å². The van der Waals surface area contributed by atoms with Crippen LogP contribution in [0.1, 0.15) is 49.7 Å². The van der Waals surface area contributed by atoms with E-state index in [0.29, 0.717) is 0 Å². The monoisotopic (exact) mass is 619 g/mol. The molecule has 0 aromatic heterocycles. The summed E-state index contributed by atoms with van der Waals surface area (Å²) >= 11 is 0. The molecule has 1 fully saturated rings. The fourth-order valence-electron chi connectivity index (χ4n) is 7.82. The minimum Gasteiger partial charge on any atom is -0.311 e. The summed E-state index contributed by atoms with van der Waals surface area (Å²) < 4.78 is 0. The third-order valence-electron chi connectivity index (χ3n) is 10.4. The molecule has 0 aliphatic heterocycles. The summed E-state index contributed by atoms with van der Waals surface area (Å²) in [4.78, 5) is 2.39. The lowest BCUT2D eigenvalue weighted by Crippen LogP contribution is -2.27. The third-order valence-corrected chi connectivity index (χ3v) is 10.4. The molecule has 48 heavy (non-hydrogen) atoms. The molecule has 234 valence electrons. The Kier molecular flexibility index (Phi) is 8.35. The maximum atomic E-state index is 2.41. The average molecular weight is 620 g/mol. The van der Waals surface area contributed by atoms with Crippen LogP contribution in [0.25, 0.3) is 33.0 Å². The van der Waals surface area contributed by atoms with E-state index in [1.165, 1.54) is 88.4 Å². The maximum Gasteiger partial charge on any atom is 0.0462 e. The van der Waals surface area contributed by atoms with Crippen molar-refractivity contribution in [2.45, 2.75) is 43.9 Å². The van der Waals surface area contributed by atoms with Crippen LogP contribution in [0, 0.1) is 0 Å². The lowest BCUT2D eigenvalue weighted by molar-refractivity contribution is 0.446. The molecular formula is C47H41N. The zero-order valence-electron chi connectivity index (χ0n) is 27.4. The lowest BCUT2D eigenvalue weighted by Gasteiger charge is -2.35. The minimum atomic E-state index is 0.0694. The first-order chi connectivity index (χ1) is 23.8. The summed E-state index contributed by atoms with van der Waals surface area (Å²) in [5, 5.41) is 2.53. The van der Waals surface area contributed by atoms with Crippen LogP contribution in [0.3, 0.4) is 0 Å². The number of hydrogen-bond acceptors (Lipinski definition) is 1. The molecule has 7 aromatic carbocycles. The predicted molar refractivity (Wildman–Crippen MR) is 204 cm³/mol. The summed E-state index contributed by atoms with van der Waals surface area (Å²) in [7, 11) is 0. The van der Waals surface area contributed by atoms with E-state index >= 15 is 0 Å². The van der Waals surface area contributed by atoms with Crippen molar-refractivity contribution in [1.82, 2.24) is 0 Å². The molecule has 8 rings (SSSR count). The highest BCUT2D eigenvalue weighted by molar-refractivity contribution is 5.88. The third kappa shape index (κ3) is 5.93. The van der Waals surface area contributed by atoms with Gasteiger partial charge in [0.05, 0.1) is 0 Å². The topological polar surface area (TPSA) is 3.24 Å². The molecule has 7 aromatic rings. The van der Waals surface area contributed by atoms with E-state index in [9.17, 15) is 0 Å². The molecule has 0 radical (unpaired) electrons. The van der Waals surface area contributed by atoms with Crippen molar-refractivity contribution in [3.63, 3.8) is 0 Å². The number of fused-ring (bicyclic) bond motifs is 1. The van der Waals surface area contributed by atoms with Gasteiger partial charge in [-0.05, 0) is 99.5 Å². The minimum absolute atomic E-state index is 0.0694. The average Bonchev–Trinajstić information content (AvgIpc) is 3.44.